The molecule has 0 aromatic rings. The van der Waals surface area contributed by atoms with Gasteiger partial charge in [-0.15, -0.1) is 0 Å². The van der Waals surface area contributed by atoms with Crippen molar-refractivity contribution < 1.29 is 9.59 Å². The fourth-order valence-electron chi connectivity index (χ4n) is 2.81. The van der Waals surface area contributed by atoms with Crippen molar-refractivity contribution in [2.45, 2.75) is 64.5 Å². The first-order valence-corrected chi connectivity index (χ1v) is 9.37. The molecule has 0 radical (unpaired) electrons. The molecule has 1 rings (SSSR count). The van der Waals surface area contributed by atoms with Crippen LogP contribution in [0.25, 0.3) is 0 Å². The molecule has 0 unspecified atom stereocenters. The van der Waals surface area contributed by atoms with Crippen LogP contribution in [-0.4, -0.2) is 60.9 Å². The van der Waals surface area contributed by atoms with Gasteiger partial charge >= 0.3 is 0 Å². The van der Waals surface area contributed by atoms with Crippen LogP contribution in [0.1, 0.15) is 52.4 Å². The van der Waals surface area contributed by atoms with Crippen LogP contribution in [0, 0.1) is 0 Å². The second kappa shape index (κ2) is 11.7. The highest BCUT2D eigenvalue weighted by Gasteiger charge is 2.32. The maximum Gasteiger partial charge on any atom is 0.246 e. The third kappa shape index (κ3) is 7.72. The standard InChI is InChI=1S/C17H34N6O2/c1-3-5-10-23(11-6-4-2)16(25)14-12-21-13(15(24)22-14)8-7-9-20-17(18)19/h13-14,21H,3-12H2,1-2H3,(H,22,24)(H4,18,19,20)/t13-,14+/m0/s1. The SMILES string of the molecule is CCCCN(CCCC)C(=O)[C@H]1CN[C@@H](CCCN=C(N)N)C(=O)N1. The molecule has 8 heteroatoms. The summed E-state index contributed by atoms with van der Waals surface area (Å²) in [6.45, 7) is 6.69. The van der Waals surface area contributed by atoms with Crippen LogP contribution in [0.4, 0.5) is 0 Å². The number of unbranched alkanes of at least 4 members (excludes halogenated alkanes) is 2. The van der Waals surface area contributed by atoms with Gasteiger partial charge in [-0.05, 0) is 25.7 Å². The lowest BCUT2D eigenvalue weighted by Gasteiger charge is -2.33. The zero-order chi connectivity index (χ0) is 18.7. The second-order valence-electron chi connectivity index (χ2n) is 6.50. The Morgan fingerprint density at radius 1 is 1.20 bits per heavy atom. The molecule has 0 saturated carbocycles. The third-order valence-electron chi connectivity index (χ3n) is 4.32. The predicted molar refractivity (Wildman–Crippen MR) is 100 cm³/mol. The number of hydrogen-bond acceptors (Lipinski definition) is 4. The van der Waals surface area contributed by atoms with Crippen molar-refractivity contribution >= 4 is 17.8 Å². The number of aliphatic imine (C=N–C) groups is 1. The number of piperazine rings is 1. The summed E-state index contributed by atoms with van der Waals surface area (Å²) < 4.78 is 0. The van der Waals surface area contributed by atoms with Crippen LogP contribution in [0.2, 0.25) is 0 Å². The van der Waals surface area contributed by atoms with E-state index in [9.17, 15) is 9.59 Å². The summed E-state index contributed by atoms with van der Waals surface area (Å²) in [7, 11) is 0. The van der Waals surface area contributed by atoms with Gasteiger partial charge in [0.2, 0.25) is 11.8 Å². The molecule has 8 nitrogen and oxygen atoms in total. The Balaban J connectivity index is 2.48. The molecule has 144 valence electrons. The van der Waals surface area contributed by atoms with E-state index in [1.54, 1.807) is 0 Å². The fraction of sp³-hybridized carbons (Fsp3) is 0.824. The number of nitrogens with one attached hydrogen (secondary N) is 2. The first-order chi connectivity index (χ1) is 12.0. The molecule has 0 aliphatic carbocycles. The van der Waals surface area contributed by atoms with Crippen LogP contribution in [0.15, 0.2) is 4.99 Å². The van der Waals surface area contributed by atoms with Crippen molar-refractivity contribution in [2.75, 3.05) is 26.2 Å². The summed E-state index contributed by atoms with van der Waals surface area (Å²) in [6, 6.07) is -0.770. The number of nitrogens with two attached hydrogens (primary N) is 2. The van der Waals surface area contributed by atoms with Crippen LogP contribution < -0.4 is 22.1 Å². The molecule has 2 amide bonds. The van der Waals surface area contributed by atoms with Crippen molar-refractivity contribution in [2.24, 2.45) is 16.5 Å². The summed E-state index contributed by atoms with van der Waals surface area (Å²) in [5.74, 6) is -0.0482. The minimum Gasteiger partial charge on any atom is -0.370 e. The lowest BCUT2D eigenvalue weighted by Crippen LogP contribution is -2.63. The molecule has 1 saturated heterocycles. The van der Waals surface area contributed by atoms with E-state index in [4.69, 9.17) is 11.5 Å². The van der Waals surface area contributed by atoms with Gasteiger partial charge in [-0.2, -0.15) is 0 Å². The summed E-state index contributed by atoms with van der Waals surface area (Å²) in [6.07, 6.45) is 5.40. The molecule has 0 bridgehead atoms. The van der Waals surface area contributed by atoms with Gasteiger partial charge in [-0.3, -0.25) is 14.6 Å². The molecular weight excluding hydrogens is 320 g/mol. The van der Waals surface area contributed by atoms with E-state index in [-0.39, 0.29) is 23.8 Å². The largest absolute Gasteiger partial charge is 0.370 e. The molecular formula is C17H34N6O2. The molecule has 0 aromatic carbocycles. The highest BCUT2D eigenvalue weighted by atomic mass is 16.2. The number of amides is 2. The van der Waals surface area contributed by atoms with E-state index in [1.165, 1.54) is 0 Å². The normalized spacial score (nSPS) is 20.0. The lowest BCUT2D eigenvalue weighted by atomic mass is 10.1. The lowest BCUT2D eigenvalue weighted by molar-refractivity contribution is -0.138. The molecule has 0 spiro atoms. The van der Waals surface area contributed by atoms with Crippen molar-refractivity contribution in [3.63, 3.8) is 0 Å². The first-order valence-electron chi connectivity index (χ1n) is 9.37. The van der Waals surface area contributed by atoms with E-state index in [0.717, 1.165) is 38.8 Å². The van der Waals surface area contributed by atoms with Gasteiger partial charge in [-0.25, -0.2) is 0 Å². The van der Waals surface area contributed by atoms with Crippen LogP contribution in [0.3, 0.4) is 0 Å². The van der Waals surface area contributed by atoms with Crippen LogP contribution >= 0.6 is 0 Å². The highest BCUT2D eigenvalue weighted by Crippen LogP contribution is 2.08. The molecule has 1 aliphatic rings. The molecule has 25 heavy (non-hydrogen) atoms. The summed E-state index contributed by atoms with van der Waals surface area (Å²) in [4.78, 5) is 30.8. The Kier molecular flexibility index (Phi) is 9.91. The van der Waals surface area contributed by atoms with Gasteiger partial charge in [-0.1, -0.05) is 26.7 Å². The summed E-state index contributed by atoms with van der Waals surface area (Å²) in [5.41, 5.74) is 10.6. The Hall–Kier alpha value is -1.83. The fourth-order valence-corrected chi connectivity index (χ4v) is 2.81. The van der Waals surface area contributed by atoms with Gasteiger partial charge in [0.1, 0.15) is 6.04 Å². The topological polar surface area (TPSA) is 126 Å². The average Bonchev–Trinajstić information content (AvgIpc) is 2.59. The average molecular weight is 354 g/mol. The van der Waals surface area contributed by atoms with Crippen molar-refractivity contribution in [3.05, 3.63) is 0 Å². The molecule has 1 aliphatic heterocycles. The highest BCUT2D eigenvalue weighted by molar-refractivity contribution is 5.91. The zero-order valence-electron chi connectivity index (χ0n) is 15.6. The minimum absolute atomic E-state index is 0.0155. The van der Waals surface area contributed by atoms with E-state index < -0.39 is 6.04 Å². The van der Waals surface area contributed by atoms with Gasteiger partial charge in [0.05, 0.1) is 6.04 Å². The van der Waals surface area contributed by atoms with E-state index in [0.29, 0.717) is 25.9 Å². The van der Waals surface area contributed by atoms with Crippen LogP contribution in [-0.2, 0) is 9.59 Å². The van der Waals surface area contributed by atoms with E-state index in [1.807, 2.05) is 4.90 Å². The third-order valence-corrected chi connectivity index (χ3v) is 4.32. The van der Waals surface area contributed by atoms with Gasteiger partial charge in [0.25, 0.3) is 0 Å². The van der Waals surface area contributed by atoms with Crippen molar-refractivity contribution in [1.82, 2.24) is 15.5 Å². The summed E-state index contributed by atoms with van der Waals surface area (Å²) in [5, 5.41) is 6.06. The monoisotopic (exact) mass is 354 g/mol. The quantitative estimate of drug-likeness (QED) is 0.235. The number of carbonyl (C=O) groups excluding carboxylic acids is 2. The maximum atomic E-state index is 12.7. The molecule has 1 heterocycles. The number of carbonyl (C=O) groups is 2. The molecule has 6 N–H and O–H groups in total. The van der Waals surface area contributed by atoms with E-state index >= 15 is 0 Å². The predicted octanol–water partition coefficient (Wildman–Crippen LogP) is -0.0746. The number of guanidine groups is 1. The molecule has 0 aromatic heterocycles. The van der Waals surface area contributed by atoms with Gasteiger partial charge in [0, 0.05) is 26.2 Å². The van der Waals surface area contributed by atoms with Gasteiger partial charge in [0.15, 0.2) is 5.96 Å². The Morgan fingerprint density at radius 3 is 2.36 bits per heavy atom. The van der Waals surface area contributed by atoms with E-state index in [2.05, 4.69) is 29.5 Å². The number of rotatable bonds is 11. The van der Waals surface area contributed by atoms with Crippen molar-refractivity contribution in [1.29, 1.82) is 0 Å². The first kappa shape index (κ1) is 21.2. The Morgan fingerprint density at radius 2 is 1.84 bits per heavy atom. The van der Waals surface area contributed by atoms with Crippen LogP contribution in [0.5, 0.6) is 0 Å². The number of nitrogens with zero attached hydrogens (tertiary/aromatic N) is 2. The Bertz CT molecular complexity index is 442. The van der Waals surface area contributed by atoms with Crippen molar-refractivity contribution in [3.8, 4) is 0 Å². The molecule has 1 fully saturated rings. The minimum atomic E-state index is -0.477. The second-order valence-corrected chi connectivity index (χ2v) is 6.50. The Labute approximate surface area is 150 Å². The number of hydrogen-bond donors (Lipinski definition) is 4. The zero-order valence-corrected chi connectivity index (χ0v) is 15.6. The van der Waals surface area contributed by atoms with Gasteiger partial charge < -0.3 is 27.0 Å². The smallest absolute Gasteiger partial charge is 0.246 e. The maximum absolute atomic E-state index is 12.7. The molecule has 2 atom stereocenters. The summed E-state index contributed by atoms with van der Waals surface area (Å²) >= 11 is 0.